The Morgan fingerprint density at radius 3 is 2.59 bits per heavy atom. The fraction of sp³-hybridized carbons (Fsp3) is 0.625. The summed E-state index contributed by atoms with van der Waals surface area (Å²) in [4.78, 5) is 12.3. The Bertz CT molecular complexity index is 576. The molecule has 0 saturated heterocycles. The van der Waals surface area contributed by atoms with E-state index in [0.29, 0.717) is 18.1 Å². The number of hydrogen-bond donors (Lipinski definition) is 2. The van der Waals surface area contributed by atoms with Crippen LogP contribution in [0, 0.1) is 5.92 Å². The molecule has 1 unspecified atom stereocenters. The van der Waals surface area contributed by atoms with Gasteiger partial charge >= 0.3 is 0 Å². The summed E-state index contributed by atoms with van der Waals surface area (Å²) < 4.78 is 0. The molecule has 0 amide bonds. The number of hydrogen-bond acceptors (Lipinski definition) is 3. The SMILES string of the molecule is CCCCCC(O)c1ccc([C@H]2CCC(=O)[C@@H]2C/C=C\CCCCO)cc1. The molecule has 0 radical (unpaired) electrons. The average molecular weight is 373 g/mol. The van der Waals surface area contributed by atoms with Crippen molar-refractivity contribution in [2.45, 2.75) is 83.2 Å². The number of Topliss-reactive ketones (excluding diaryl/α,β-unsaturated/α-hetero) is 1. The highest BCUT2D eigenvalue weighted by Crippen LogP contribution is 2.40. The molecule has 0 heterocycles. The molecule has 1 aromatic carbocycles. The summed E-state index contributed by atoms with van der Waals surface area (Å²) in [6.07, 6.45) is 13.3. The van der Waals surface area contributed by atoms with Crippen LogP contribution in [0.4, 0.5) is 0 Å². The fourth-order valence-electron chi connectivity index (χ4n) is 4.06. The Hall–Kier alpha value is -1.45. The van der Waals surface area contributed by atoms with Gasteiger partial charge in [0.1, 0.15) is 5.78 Å². The zero-order chi connectivity index (χ0) is 19.5. The third-order valence-electron chi connectivity index (χ3n) is 5.77. The Morgan fingerprint density at radius 1 is 1.11 bits per heavy atom. The van der Waals surface area contributed by atoms with Gasteiger partial charge in [-0.1, -0.05) is 62.6 Å². The van der Waals surface area contributed by atoms with Gasteiger partial charge in [0.15, 0.2) is 0 Å². The molecular weight excluding hydrogens is 336 g/mol. The van der Waals surface area contributed by atoms with E-state index in [2.05, 4.69) is 31.2 Å². The summed E-state index contributed by atoms with van der Waals surface area (Å²) in [5.41, 5.74) is 2.21. The number of allylic oxidation sites excluding steroid dienone is 2. The Balaban J connectivity index is 1.91. The Labute approximate surface area is 164 Å². The highest BCUT2D eigenvalue weighted by atomic mass is 16.3. The van der Waals surface area contributed by atoms with Crippen LogP contribution in [0.3, 0.4) is 0 Å². The zero-order valence-corrected chi connectivity index (χ0v) is 16.8. The van der Waals surface area contributed by atoms with E-state index in [0.717, 1.165) is 56.9 Å². The first-order valence-corrected chi connectivity index (χ1v) is 10.7. The van der Waals surface area contributed by atoms with Gasteiger partial charge in [0, 0.05) is 18.9 Å². The van der Waals surface area contributed by atoms with Gasteiger partial charge in [0.05, 0.1) is 6.10 Å². The van der Waals surface area contributed by atoms with Crippen LogP contribution in [0.2, 0.25) is 0 Å². The van der Waals surface area contributed by atoms with Crippen molar-refractivity contribution in [1.29, 1.82) is 0 Å². The zero-order valence-electron chi connectivity index (χ0n) is 16.8. The largest absolute Gasteiger partial charge is 0.396 e. The standard InChI is InChI=1S/C24H36O3/c1-2-3-7-11-23(26)20-14-12-19(13-15-20)21-16-17-24(27)22(21)10-8-5-4-6-9-18-25/h5,8,12-15,21-23,25-26H,2-4,6-7,9-11,16-18H2,1H3/b8-5-/t21-,22-,23?/m1/s1. The molecular formula is C24H36O3. The molecule has 27 heavy (non-hydrogen) atoms. The van der Waals surface area contributed by atoms with Crippen molar-refractivity contribution in [3.63, 3.8) is 0 Å². The number of carbonyl (C=O) groups is 1. The second-order valence-corrected chi connectivity index (χ2v) is 7.82. The van der Waals surface area contributed by atoms with E-state index in [9.17, 15) is 9.90 Å². The molecule has 0 bridgehead atoms. The smallest absolute Gasteiger partial charge is 0.136 e. The third kappa shape index (κ3) is 6.90. The topological polar surface area (TPSA) is 57.5 Å². The minimum absolute atomic E-state index is 0.0828. The predicted octanol–water partition coefficient (Wildman–Crippen LogP) is 5.47. The van der Waals surface area contributed by atoms with Crippen molar-refractivity contribution in [2.24, 2.45) is 5.92 Å². The maximum Gasteiger partial charge on any atom is 0.136 e. The molecule has 0 spiro atoms. The van der Waals surface area contributed by atoms with Crippen LogP contribution >= 0.6 is 0 Å². The highest BCUT2D eigenvalue weighted by molar-refractivity contribution is 5.84. The van der Waals surface area contributed by atoms with Gasteiger partial charge in [0.2, 0.25) is 0 Å². The minimum Gasteiger partial charge on any atom is -0.396 e. The normalized spacial score (nSPS) is 21.2. The molecule has 1 saturated carbocycles. The van der Waals surface area contributed by atoms with Gasteiger partial charge < -0.3 is 10.2 Å². The molecule has 1 aliphatic carbocycles. The Morgan fingerprint density at radius 2 is 1.89 bits per heavy atom. The van der Waals surface area contributed by atoms with Gasteiger partial charge in [-0.25, -0.2) is 0 Å². The van der Waals surface area contributed by atoms with Crippen molar-refractivity contribution < 1.29 is 15.0 Å². The van der Waals surface area contributed by atoms with Gasteiger partial charge in [-0.15, -0.1) is 0 Å². The number of ketones is 1. The van der Waals surface area contributed by atoms with Crippen LogP contribution in [0.5, 0.6) is 0 Å². The summed E-state index contributed by atoms with van der Waals surface area (Å²) in [6.45, 7) is 2.42. The molecule has 2 N–H and O–H groups in total. The lowest BCUT2D eigenvalue weighted by atomic mass is 9.85. The summed E-state index contributed by atoms with van der Waals surface area (Å²) >= 11 is 0. The van der Waals surface area contributed by atoms with Crippen molar-refractivity contribution in [3.8, 4) is 0 Å². The van der Waals surface area contributed by atoms with Crippen LogP contribution in [-0.2, 0) is 4.79 Å². The molecule has 1 aromatic rings. The molecule has 1 aliphatic rings. The van der Waals surface area contributed by atoms with Crippen LogP contribution < -0.4 is 0 Å². The predicted molar refractivity (Wildman–Crippen MR) is 111 cm³/mol. The molecule has 3 atom stereocenters. The number of rotatable bonds is 12. The first-order chi connectivity index (χ1) is 13.2. The van der Waals surface area contributed by atoms with Crippen LogP contribution in [0.1, 0.15) is 94.3 Å². The highest BCUT2D eigenvalue weighted by Gasteiger charge is 2.34. The summed E-state index contributed by atoms with van der Waals surface area (Å²) in [7, 11) is 0. The number of benzene rings is 1. The van der Waals surface area contributed by atoms with Crippen molar-refractivity contribution >= 4 is 5.78 Å². The van der Waals surface area contributed by atoms with E-state index < -0.39 is 0 Å². The van der Waals surface area contributed by atoms with Gasteiger partial charge in [-0.05, 0) is 55.6 Å². The Kier molecular flexibility index (Phi) is 9.79. The fourth-order valence-corrected chi connectivity index (χ4v) is 4.06. The second-order valence-electron chi connectivity index (χ2n) is 7.82. The first-order valence-electron chi connectivity index (χ1n) is 10.7. The first kappa shape index (κ1) is 21.8. The lowest BCUT2D eigenvalue weighted by molar-refractivity contribution is -0.120. The molecule has 150 valence electrons. The van der Waals surface area contributed by atoms with E-state index in [1.807, 2.05) is 12.1 Å². The van der Waals surface area contributed by atoms with Gasteiger partial charge in [0.25, 0.3) is 0 Å². The molecule has 2 rings (SSSR count). The summed E-state index contributed by atoms with van der Waals surface area (Å²) in [5, 5.41) is 19.1. The van der Waals surface area contributed by atoms with Crippen LogP contribution in [-0.4, -0.2) is 22.6 Å². The quantitative estimate of drug-likeness (QED) is 0.378. The van der Waals surface area contributed by atoms with E-state index >= 15 is 0 Å². The maximum absolute atomic E-state index is 12.3. The molecule has 3 heteroatoms. The second kappa shape index (κ2) is 12.1. The molecule has 0 aromatic heterocycles. The van der Waals surface area contributed by atoms with E-state index in [1.54, 1.807) is 0 Å². The maximum atomic E-state index is 12.3. The average Bonchev–Trinajstić information content (AvgIpc) is 3.05. The minimum atomic E-state index is -0.381. The van der Waals surface area contributed by atoms with E-state index in [4.69, 9.17) is 5.11 Å². The third-order valence-corrected chi connectivity index (χ3v) is 5.77. The van der Waals surface area contributed by atoms with Gasteiger partial charge in [-0.3, -0.25) is 4.79 Å². The number of aliphatic hydroxyl groups excluding tert-OH is 2. The number of aliphatic hydroxyl groups is 2. The molecule has 1 fully saturated rings. The number of carbonyl (C=O) groups excluding carboxylic acids is 1. The molecule has 3 nitrogen and oxygen atoms in total. The van der Waals surface area contributed by atoms with Crippen LogP contribution in [0.15, 0.2) is 36.4 Å². The van der Waals surface area contributed by atoms with Crippen molar-refractivity contribution in [3.05, 3.63) is 47.5 Å². The van der Waals surface area contributed by atoms with E-state index in [-0.39, 0.29) is 18.6 Å². The monoisotopic (exact) mass is 372 g/mol. The lowest BCUT2D eigenvalue weighted by Crippen LogP contribution is -2.12. The number of unbranched alkanes of at least 4 members (excludes halogenated alkanes) is 4. The molecule has 0 aliphatic heterocycles. The van der Waals surface area contributed by atoms with E-state index in [1.165, 1.54) is 12.0 Å². The van der Waals surface area contributed by atoms with Crippen molar-refractivity contribution in [1.82, 2.24) is 0 Å². The van der Waals surface area contributed by atoms with Crippen LogP contribution in [0.25, 0.3) is 0 Å². The summed E-state index contributed by atoms with van der Waals surface area (Å²) in [5.74, 6) is 0.758. The van der Waals surface area contributed by atoms with Gasteiger partial charge in [-0.2, -0.15) is 0 Å². The van der Waals surface area contributed by atoms with Crippen molar-refractivity contribution in [2.75, 3.05) is 6.61 Å². The lowest BCUT2D eigenvalue weighted by Gasteiger charge is -2.19. The summed E-state index contributed by atoms with van der Waals surface area (Å²) in [6, 6.07) is 8.30.